The number of sulfonamides is 1. The van der Waals surface area contributed by atoms with Gasteiger partial charge in [-0.2, -0.15) is 16.1 Å². The minimum Gasteiger partial charge on any atom is -0.326 e. The molecule has 1 aliphatic rings. The lowest BCUT2D eigenvalue weighted by molar-refractivity contribution is 0.443. The van der Waals surface area contributed by atoms with E-state index in [1.54, 1.807) is 27.5 Å². The second kappa shape index (κ2) is 5.05. The van der Waals surface area contributed by atoms with Gasteiger partial charge in [0, 0.05) is 36.0 Å². The van der Waals surface area contributed by atoms with Crippen LogP contribution in [0.2, 0.25) is 0 Å². The second-order valence-corrected chi connectivity index (χ2v) is 7.56. The molecular weight excluding hydrogens is 264 g/mol. The predicted molar refractivity (Wildman–Crippen MR) is 68.3 cm³/mol. The van der Waals surface area contributed by atoms with Gasteiger partial charge in [0.25, 0.3) is 0 Å². The molecule has 0 amide bonds. The Hall–Kier alpha value is -0.0800. The Morgan fingerprint density at radius 1 is 1.38 bits per heavy atom. The fourth-order valence-electron chi connectivity index (χ4n) is 1.63. The number of hydrogen-bond acceptors (Lipinski definition) is 5. The first kappa shape index (κ1) is 12.4. The number of nitrogens with two attached hydrogens (primary N) is 1. The summed E-state index contributed by atoms with van der Waals surface area (Å²) in [5.41, 5.74) is 5.54. The lowest BCUT2D eigenvalue weighted by Gasteiger charge is -2.25. The summed E-state index contributed by atoms with van der Waals surface area (Å²) in [5, 5.41) is 1.79. The standard InChI is InChI=1S/C9H14N2O2S3/c10-7-8-9(1-4-15-8)16(12,13)11-2-5-14-6-3-11/h1,4H,2-3,5-7,10H2. The summed E-state index contributed by atoms with van der Waals surface area (Å²) in [7, 11) is -3.31. The van der Waals surface area contributed by atoms with Gasteiger partial charge in [-0.15, -0.1) is 11.3 Å². The molecule has 2 heterocycles. The molecular formula is C9H14N2O2S3. The largest absolute Gasteiger partial charge is 0.326 e. The van der Waals surface area contributed by atoms with Crippen molar-refractivity contribution < 1.29 is 8.42 Å². The SMILES string of the molecule is NCc1sccc1S(=O)(=O)N1CCSCC1. The molecule has 0 aromatic carbocycles. The van der Waals surface area contributed by atoms with E-state index in [0.717, 1.165) is 16.4 Å². The molecule has 90 valence electrons. The summed E-state index contributed by atoms with van der Waals surface area (Å²) in [4.78, 5) is 1.14. The number of nitrogens with zero attached hydrogens (tertiary/aromatic N) is 1. The molecule has 0 atom stereocenters. The van der Waals surface area contributed by atoms with Gasteiger partial charge in [-0.05, 0) is 11.4 Å². The minimum atomic E-state index is -3.31. The van der Waals surface area contributed by atoms with Crippen LogP contribution >= 0.6 is 23.1 Å². The van der Waals surface area contributed by atoms with Crippen molar-refractivity contribution in [2.24, 2.45) is 5.73 Å². The van der Waals surface area contributed by atoms with E-state index in [2.05, 4.69) is 0 Å². The topological polar surface area (TPSA) is 63.4 Å². The first-order valence-corrected chi connectivity index (χ1v) is 8.48. The fourth-order valence-corrected chi connectivity index (χ4v) is 5.52. The average molecular weight is 278 g/mol. The normalized spacial score (nSPS) is 18.8. The predicted octanol–water partition coefficient (Wildman–Crippen LogP) is 0.944. The molecule has 0 bridgehead atoms. The summed E-state index contributed by atoms with van der Waals surface area (Å²) in [5.74, 6) is 1.75. The Kier molecular flexibility index (Phi) is 3.91. The molecule has 0 saturated carbocycles. The highest BCUT2D eigenvalue weighted by atomic mass is 32.2. The van der Waals surface area contributed by atoms with Crippen LogP contribution in [0.4, 0.5) is 0 Å². The number of rotatable bonds is 3. The molecule has 0 aliphatic carbocycles. The maximum absolute atomic E-state index is 12.3. The van der Waals surface area contributed by atoms with Crippen LogP contribution in [-0.4, -0.2) is 37.3 Å². The molecule has 0 radical (unpaired) electrons. The van der Waals surface area contributed by atoms with Crippen LogP contribution in [-0.2, 0) is 16.6 Å². The van der Waals surface area contributed by atoms with Crippen molar-refractivity contribution in [1.82, 2.24) is 4.31 Å². The zero-order valence-electron chi connectivity index (χ0n) is 8.76. The quantitative estimate of drug-likeness (QED) is 0.894. The van der Waals surface area contributed by atoms with Gasteiger partial charge < -0.3 is 5.73 Å². The van der Waals surface area contributed by atoms with E-state index in [4.69, 9.17) is 5.73 Å². The molecule has 0 unspecified atom stereocenters. The number of thioether (sulfide) groups is 1. The molecule has 16 heavy (non-hydrogen) atoms. The summed E-state index contributed by atoms with van der Waals surface area (Å²) in [6.45, 7) is 1.49. The third kappa shape index (κ3) is 2.28. The fraction of sp³-hybridized carbons (Fsp3) is 0.556. The zero-order chi connectivity index (χ0) is 11.6. The Morgan fingerprint density at radius 2 is 2.06 bits per heavy atom. The Balaban J connectivity index is 2.30. The van der Waals surface area contributed by atoms with E-state index in [-0.39, 0.29) is 6.54 Å². The van der Waals surface area contributed by atoms with E-state index in [0.29, 0.717) is 18.0 Å². The molecule has 1 aliphatic heterocycles. The maximum atomic E-state index is 12.3. The molecule has 2 N–H and O–H groups in total. The van der Waals surface area contributed by atoms with Crippen molar-refractivity contribution in [2.45, 2.75) is 11.4 Å². The highest BCUT2D eigenvalue weighted by molar-refractivity contribution is 7.99. The van der Waals surface area contributed by atoms with E-state index < -0.39 is 10.0 Å². The van der Waals surface area contributed by atoms with Gasteiger partial charge in [0.15, 0.2) is 0 Å². The van der Waals surface area contributed by atoms with Gasteiger partial charge in [-0.25, -0.2) is 8.42 Å². The van der Waals surface area contributed by atoms with E-state index in [1.807, 2.05) is 0 Å². The summed E-state index contributed by atoms with van der Waals surface area (Å²) in [6.07, 6.45) is 0. The van der Waals surface area contributed by atoms with Crippen molar-refractivity contribution in [3.63, 3.8) is 0 Å². The molecule has 2 rings (SSSR count). The highest BCUT2D eigenvalue weighted by Crippen LogP contribution is 2.26. The first-order valence-electron chi connectivity index (χ1n) is 5.00. The van der Waals surface area contributed by atoms with Crippen molar-refractivity contribution in [3.8, 4) is 0 Å². The Morgan fingerprint density at radius 3 is 2.69 bits per heavy atom. The molecule has 1 aromatic rings. The molecule has 0 spiro atoms. The Bertz CT molecular complexity index is 449. The third-order valence-corrected chi connectivity index (χ3v) is 6.48. The molecule has 1 aromatic heterocycles. The van der Waals surface area contributed by atoms with E-state index >= 15 is 0 Å². The monoisotopic (exact) mass is 278 g/mol. The zero-order valence-corrected chi connectivity index (χ0v) is 11.2. The van der Waals surface area contributed by atoms with Crippen LogP contribution in [0.5, 0.6) is 0 Å². The molecule has 7 heteroatoms. The van der Waals surface area contributed by atoms with Gasteiger partial charge in [0.2, 0.25) is 10.0 Å². The van der Waals surface area contributed by atoms with Gasteiger partial charge in [-0.1, -0.05) is 0 Å². The highest BCUT2D eigenvalue weighted by Gasteiger charge is 2.28. The average Bonchev–Trinajstić information content (AvgIpc) is 2.79. The maximum Gasteiger partial charge on any atom is 0.244 e. The minimum absolute atomic E-state index is 0.287. The molecule has 4 nitrogen and oxygen atoms in total. The van der Waals surface area contributed by atoms with Crippen molar-refractivity contribution >= 4 is 33.1 Å². The number of thiophene rings is 1. The van der Waals surface area contributed by atoms with Gasteiger partial charge >= 0.3 is 0 Å². The van der Waals surface area contributed by atoms with Gasteiger partial charge in [0.1, 0.15) is 0 Å². The number of hydrogen-bond donors (Lipinski definition) is 1. The van der Waals surface area contributed by atoms with E-state index in [1.165, 1.54) is 11.3 Å². The lowest BCUT2D eigenvalue weighted by Crippen LogP contribution is -2.38. The first-order chi connectivity index (χ1) is 7.66. The summed E-state index contributed by atoms with van der Waals surface area (Å²) < 4.78 is 26.2. The molecule has 1 fully saturated rings. The van der Waals surface area contributed by atoms with Crippen LogP contribution in [0.15, 0.2) is 16.3 Å². The molecule has 1 saturated heterocycles. The van der Waals surface area contributed by atoms with Crippen LogP contribution in [0.25, 0.3) is 0 Å². The van der Waals surface area contributed by atoms with Crippen molar-refractivity contribution in [2.75, 3.05) is 24.6 Å². The smallest absolute Gasteiger partial charge is 0.244 e. The Labute approximate surface area is 104 Å². The third-order valence-electron chi connectivity index (χ3n) is 2.48. The lowest BCUT2D eigenvalue weighted by atomic mass is 10.5. The van der Waals surface area contributed by atoms with Gasteiger partial charge in [-0.3, -0.25) is 0 Å². The van der Waals surface area contributed by atoms with E-state index in [9.17, 15) is 8.42 Å². The van der Waals surface area contributed by atoms with Crippen LogP contribution < -0.4 is 5.73 Å². The second-order valence-electron chi connectivity index (χ2n) is 3.43. The van der Waals surface area contributed by atoms with Crippen LogP contribution in [0.1, 0.15) is 4.88 Å². The van der Waals surface area contributed by atoms with Crippen molar-refractivity contribution in [3.05, 3.63) is 16.3 Å². The van der Waals surface area contributed by atoms with Crippen LogP contribution in [0, 0.1) is 0 Å². The van der Waals surface area contributed by atoms with Crippen LogP contribution in [0.3, 0.4) is 0 Å². The van der Waals surface area contributed by atoms with Crippen molar-refractivity contribution in [1.29, 1.82) is 0 Å². The van der Waals surface area contributed by atoms with Gasteiger partial charge in [0.05, 0.1) is 4.90 Å². The summed E-state index contributed by atoms with van der Waals surface area (Å²) >= 11 is 3.20. The summed E-state index contributed by atoms with van der Waals surface area (Å²) in [6, 6.07) is 1.66.